The summed E-state index contributed by atoms with van der Waals surface area (Å²) >= 11 is 6.24. The number of halogens is 1. The van der Waals surface area contributed by atoms with Crippen LogP contribution in [0.15, 0.2) is 42.7 Å². The minimum atomic E-state index is 0.142. The Labute approximate surface area is 126 Å². The summed E-state index contributed by atoms with van der Waals surface area (Å²) in [5.41, 5.74) is 1.97. The minimum Gasteiger partial charge on any atom is -0.508 e. The Kier molecular flexibility index (Phi) is 3.35. The molecule has 0 saturated heterocycles. The molecule has 21 heavy (non-hydrogen) atoms. The number of benzene rings is 2. The zero-order valence-electron chi connectivity index (χ0n) is 10.8. The smallest absolute Gasteiger partial charge is 0.141 e. The van der Waals surface area contributed by atoms with E-state index in [4.69, 9.17) is 18.0 Å². The maximum absolute atomic E-state index is 9.62. The van der Waals surface area contributed by atoms with Crippen molar-refractivity contribution in [3.63, 3.8) is 0 Å². The normalized spacial score (nSPS) is 10.3. The van der Waals surface area contributed by atoms with Gasteiger partial charge in [-0.05, 0) is 30.3 Å². The van der Waals surface area contributed by atoms with Crippen molar-refractivity contribution in [3.8, 4) is 18.1 Å². The predicted molar refractivity (Wildman–Crippen MR) is 83.9 cm³/mol. The van der Waals surface area contributed by atoms with Crippen LogP contribution in [-0.2, 0) is 0 Å². The fourth-order valence-corrected chi connectivity index (χ4v) is 2.24. The standard InChI is InChI=1S/C16H10ClN3O/c1-2-10-4-3-5-14(15(10)17)20-16-12-8-11(21)6-7-13(12)18-9-19-16/h1,3-9,21H,(H,18,19,20). The molecule has 102 valence electrons. The highest BCUT2D eigenvalue weighted by Crippen LogP contribution is 2.31. The molecule has 0 saturated carbocycles. The molecule has 2 N–H and O–H groups in total. The topological polar surface area (TPSA) is 58.0 Å². The van der Waals surface area contributed by atoms with Crippen LogP contribution in [0.4, 0.5) is 11.5 Å². The molecule has 3 aromatic rings. The fraction of sp³-hybridized carbons (Fsp3) is 0. The van der Waals surface area contributed by atoms with Crippen LogP contribution in [-0.4, -0.2) is 15.1 Å². The van der Waals surface area contributed by atoms with Crippen molar-refractivity contribution in [2.75, 3.05) is 5.32 Å². The monoisotopic (exact) mass is 295 g/mol. The van der Waals surface area contributed by atoms with Gasteiger partial charge in [0.05, 0.1) is 16.2 Å². The third-order valence-electron chi connectivity index (χ3n) is 3.03. The molecule has 4 nitrogen and oxygen atoms in total. The second-order valence-electron chi connectivity index (χ2n) is 4.36. The van der Waals surface area contributed by atoms with Gasteiger partial charge in [0.15, 0.2) is 0 Å². The molecule has 0 aliphatic rings. The van der Waals surface area contributed by atoms with Crippen LogP contribution in [0, 0.1) is 12.3 Å². The second kappa shape index (κ2) is 5.31. The summed E-state index contributed by atoms with van der Waals surface area (Å²) < 4.78 is 0. The molecular weight excluding hydrogens is 286 g/mol. The average Bonchev–Trinajstić information content (AvgIpc) is 2.50. The van der Waals surface area contributed by atoms with Crippen molar-refractivity contribution in [1.29, 1.82) is 0 Å². The van der Waals surface area contributed by atoms with Crippen molar-refractivity contribution in [2.24, 2.45) is 0 Å². The number of phenols is 1. The van der Waals surface area contributed by atoms with E-state index in [9.17, 15) is 5.11 Å². The van der Waals surface area contributed by atoms with E-state index in [0.29, 0.717) is 27.5 Å². The van der Waals surface area contributed by atoms with Gasteiger partial charge in [-0.1, -0.05) is 23.6 Å². The Morgan fingerprint density at radius 1 is 1.19 bits per heavy atom. The number of nitrogens with one attached hydrogen (secondary N) is 1. The van der Waals surface area contributed by atoms with Crippen LogP contribution in [0.25, 0.3) is 10.9 Å². The molecule has 5 heteroatoms. The number of rotatable bonds is 2. The maximum atomic E-state index is 9.62. The number of fused-ring (bicyclic) bond motifs is 1. The number of nitrogens with zero attached hydrogens (tertiary/aromatic N) is 2. The van der Waals surface area contributed by atoms with Gasteiger partial charge in [0, 0.05) is 10.9 Å². The van der Waals surface area contributed by atoms with Gasteiger partial charge >= 0.3 is 0 Å². The van der Waals surface area contributed by atoms with Crippen molar-refractivity contribution < 1.29 is 5.11 Å². The number of phenolic OH excluding ortho intramolecular Hbond substituents is 1. The summed E-state index contributed by atoms with van der Waals surface area (Å²) in [6.45, 7) is 0. The first-order valence-electron chi connectivity index (χ1n) is 6.15. The molecule has 0 aliphatic heterocycles. The van der Waals surface area contributed by atoms with Gasteiger partial charge in [0.25, 0.3) is 0 Å². The lowest BCUT2D eigenvalue weighted by Gasteiger charge is -2.10. The van der Waals surface area contributed by atoms with E-state index in [1.165, 1.54) is 6.33 Å². The van der Waals surface area contributed by atoms with Crippen molar-refractivity contribution in [2.45, 2.75) is 0 Å². The van der Waals surface area contributed by atoms with E-state index in [1.807, 2.05) is 6.07 Å². The Morgan fingerprint density at radius 3 is 2.86 bits per heavy atom. The number of hydrogen-bond donors (Lipinski definition) is 2. The molecule has 0 atom stereocenters. The molecule has 0 spiro atoms. The van der Waals surface area contributed by atoms with Crippen LogP contribution in [0.2, 0.25) is 5.02 Å². The van der Waals surface area contributed by atoms with Gasteiger partial charge in [-0.3, -0.25) is 0 Å². The molecular formula is C16H10ClN3O. The lowest BCUT2D eigenvalue weighted by atomic mass is 10.2. The highest BCUT2D eigenvalue weighted by Gasteiger charge is 2.09. The second-order valence-corrected chi connectivity index (χ2v) is 4.74. The summed E-state index contributed by atoms with van der Waals surface area (Å²) in [6.07, 6.45) is 6.85. The highest BCUT2D eigenvalue weighted by atomic mass is 35.5. The van der Waals surface area contributed by atoms with E-state index in [0.717, 1.165) is 5.52 Å². The lowest BCUT2D eigenvalue weighted by molar-refractivity contribution is 0.476. The first-order valence-corrected chi connectivity index (χ1v) is 6.52. The third kappa shape index (κ3) is 2.47. The number of aromatic nitrogens is 2. The fourth-order valence-electron chi connectivity index (χ4n) is 2.01. The number of terminal acetylenes is 1. The third-order valence-corrected chi connectivity index (χ3v) is 3.43. The Morgan fingerprint density at radius 2 is 2.05 bits per heavy atom. The summed E-state index contributed by atoms with van der Waals surface area (Å²) in [5, 5.41) is 13.9. The molecule has 0 unspecified atom stereocenters. The van der Waals surface area contributed by atoms with Crippen LogP contribution in [0.3, 0.4) is 0 Å². The molecule has 2 aromatic carbocycles. The quantitative estimate of drug-likeness (QED) is 0.708. The van der Waals surface area contributed by atoms with Gasteiger partial charge in [-0.15, -0.1) is 6.42 Å². The summed E-state index contributed by atoms with van der Waals surface area (Å²) in [7, 11) is 0. The summed E-state index contributed by atoms with van der Waals surface area (Å²) in [5.74, 6) is 3.21. The largest absolute Gasteiger partial charge is 0.508 e. The lowest BCUT2D eigenvalue weighted by Crippen LogP contribution is -1.97. The van der Waals surface area contributed by atoms with E-state index >= 15 is 0 Å². The molecule has 3 rings (SSSR count). The molecule has 1 aromatic heterocycles. The summed E-state index contributed by atoms with van der Waals surface area (Å²) in [4.78, 5) is 8.35. The molecule has 0 aliphatic carbocycles. The van der Waals surface area contributed by atoms with Crippen molar-refractivity contribution in [1.82, 2.24) is 9.97 Å². The molecule has 1 heterocycles. The van der Waals surface area contributed by atoms with Crippen LogP contribution < -0.4 is 5.32 Å². The Balaban J connectivity index is 2.11. The van der Waals surface area contributed by atoms with Gasteiger partial charge in [-0.25, -0.2) is 9.97 Å². The SMILES string of the molecule is C#Cc1cccc(Nc2ncnc3ccc(O)cc23)c1Cl. The average molecular weight is 296 g/mol. The van der Waals surface area contributed by atoms with E-state index in [1.54, 1.807) is 30.3 Å². The first-order chi connectivity index (χ1) is 10.2. The number of anilines is 2. The van der Waals surface area contributed by atoms with Crippen LogP contribution in [0.1, 0.15) is 5.56 Å². The molecule has 0 fully saturated rings. The van der Waals surface area contributed by atoms with Gasteiger partial charge in [0.2, 0.25) is 0 Å². The molecule has 0 radical (unpaired) electrons. The van der Waals surface area contributed by atoms with Gasteiger partial charge in [-0.2, -0.15) is 0 Å². The Bertz CT molecular complexity index is 871. The van der Waals surface area contributed by atoms with Crippen LogP contribution >= 0.6 is 11.6 Å². The number of aromatic hydroxyl groups is 1. The summed E-state index contributed by atoms with van der Waals surface area (Å²) in [6, 6.07) is 10.3. The predicted octanol–water partition coefficient (Wildman–Crippen LogP) is 3.71. The zero-order chi connectivity index (χ0) is 14.8. The van der Waals surface area contributed by atoms with E-state index in [2.05, 4.69) is 21.2 Å². The molecule has 0 amide bonds. The Hall–Kier alpha value is -2.77. The zero-order valence-corrected chi connectivity index (χ0v) is 11.6. The minimum absolute atomic E-state index is 0.142. The van der Waals surface area contributed by atoms with Gasteiger partial charge in [0.1, 0.15) is 17.9 Å². The van der Waals surface area contributed by atoms with E-state index < -0.39 is 0 Å². The number of hydrogen-bond acceptors (Lipinski definition) is 4. The molecule has 0 bridgehead atoms. The maximum Gasteiger partial charge on any atom is 0.141 e. The van der Waals surface area contributed by atoms with Gasteiger partial charge < -0.3 is 10.4 Å². The highest BCUT2D eigenvalue weighted by molar-refractivity contribution is 6.34. The van der Waals surface area contributed by atoms with E-state index in [-0.39, 0.29) is 5.75 Å². The van der Waals surface area contributed by atoms with Crippen molar-refractivity contribution >= 4 is 34.0 Å². The van der Waals surface area contributed by atoms with Crippen molar-refractivity contribution in [3.05, 3.63) is 53.3 Å². The van der Waals surface area contributed by atoms with Crippen LogP contribution in [0.5, 0.6) is 5.75 Å². The first kappa shape index (κ1) is 13.2.